The highest BCUT2D eigenvalue weighted by atomic mass is 16.3. The van der Waals surface area contributed by atoms with Gasteiger partial charge in [-0.1, -0.05) is 0 Å². The fourth-order valence-corrected chi connectivity index (χ4v) is 2.34. The molecule has 0 spiro atoms. The van der Waals surface area contributed by atoms with Gasteiger partial charge in [0.25, 0.3) is 0 Å². The van der Waals surface area contributed by atoms with Gasteiger partial charge in [0.15, 0.2) is 0 Å². The van der Waals surface area contributed by atoms with Gasteiger partial charge in [-0.25, -0.2) is 0 Å². The second-order valence-corrected chi connectivity index (χ2v) is 5.21. The number of carbonyl (C=O) groups excluding carboxylic acids is 1. The molecule has 1 aliphatic heterocycles. The highest BCUT2D eigenvalue weighted by Gasteiger charge is 2.17. The summed E-state index contributed by atoms with van der Waals surface area (Å²) in [5, 5.41) is 12.5. The maximum Gasteiger partial charge on any atom is 0.222 e. The van der Waals surface area contributed by atoms with E-state index in [-0.39, 0.29) is 12.5 Å². The van der Waals surface area contributed by atoms with Gasteiger partial charge in [-0.15, -0.1) is 0 Å². The van der Waals surface area contributed by atoms with Gasteiger partial charge < -0.3 is 15.3 Å². The summed E-state index contributed by atoms with van der Waals surface area (Å²) >= 11 is 0. The van der Waals surface area contributed by atoms with Gasteiger partial charge in [0.1, 0.15) is 0 Å². The predicted octanol–water partition coefficient (Wildman–Crippen LogP) is -0.0989. The molecular formula is C13H27N3O2. The number of carbonyl (C=O) groups is 1. The minimum absolute atomic E-state index is 0.179. The molecule has 5 heteroatoms. The van der Waals surface area contributed by atoms with Crippen LogP contribution in [0.15, 0.2) is 0 Å². The molecule has 18 heavy (non-hydrogen) atoms. The lowest BCUT2D eigenvalue weighted by atomic mass is 10.2. The number of aliphatic hydroxyl groups is 1. The summed E-state index contributed by atoms with van der Waals surface area (Å²) < 4.78 is 0. The summed E-state index contributed by atoms with van der Waals surface area (Å²) in [5.41, 5.74) is 0. The molecule has 2 N–H and O–H groups in total. The maximum absolute atomic E-state index is 11.5. The lowest BCUT2D eigenvalue weighted by Crippen LogP contribution is -2.39. The minimum Gasteiger partial charge on any atom is -0.395 e. The summed E-state index contributed by atoms with van der Waals surface area (Å²) in [6.45, 7) is 3.87. The van der Waals surface area contributed by atoms with Gasteiger partial charge in [0.05, 0.1) is 6.61 Å². The Morgan fingerprint density at radius 1 is 1.39 bits per heavy atom. The zero-order valence-electron chi connectivity index (χ0n) is 11.7. The monoisotopic (exact) mass is 257 g/mol. The standard InChI is InChI=1S/C13H27N3O2/c1-15(2)13(18)6-4-8-16(9-10-17)11-12-5-3-7-14-12/h12,14,17H,3-11H2,1-2H3. The van der Waals surface area contributed by atoms with Gasteiger partial charge in [-0.2, -0.15) is 0 Å². The van der Waals surface area contributed by atoms with E-state index in [1.807, 2.05) is 0 Å². The Kier molecular flexibility index (Phi) is 7.23. The summed E-state index contributed by atoms with van der Waals surface area (Å²) in [4.78, 5) is 15.4. The van der Waals surface area contributed by atoms with Crippen LogP contribution in [0, 0.1) is 0 Å². The van der Waals surface area contributed by atoms with Crippen LogP contribution in [0.1, 0.15) is 25.7 Å². The van der Waals surface area contributed by atoms with Crippen molar-refractivity contribution in [2.45, 2.75) is 31.7 Å². The van der Waals surface area contributed by atoms with Crippen molar-refractivity contribution in [3.63, 3.8) is 0 Å². The maximum atomic E-state index is 11.5. The molecule has 1 rings (SSSR count). The average Bonchev–Trinajstić information content (AvgIpc) is 2.81. The van der Waals surface area contributed by atoms with E-state index in [4.69, 9.17) is 5.11 Å². The zero-order chi connectivity index (χ0) is 13.4. The number of aliphatic hydroxyl groups excluding tert-OH is 1. The molecule has 1 fully saturated rings. The van der Waals surface area contributed by atoms with E-state index in [0.29, 0.717) is 19.0 Å². The molecule has 0 saturated carbocycles. The van der Waals surface area contributed by atoms with Gasteiger partial charge >= 0.3 is 0 Å². The van der Waals surface area contributed by atoms with E-state index in [2.05, 4.69) is 10.2 Å². The molecule has 0 radical (unpaired) electrons. The first kappa shape index (κ1) is 15.4. The minimum atomic E-state index is 0.179. The molecule has 0 aliphatic carbocycles. The van der Waals surface area contributed by atoms with Gasteiger partial charge in [-0.05, 0) is 32.4 Å². The lowest BCUT2D eigenvalue weighted by Gasteiger charge is -2.25. The van der Waals surface area contributed by atoms with Crippen molar-refractivity contribution >= 4 is 5.91 Å². The van der Waals surface area contributed by atoms with Gasteiger partial charge in [0, 0.05) is 39.6 Å². The molecule has 1 amide bonds. The third kappa shape index (κ3) is 5.80. The normalized spacial score (nSPS) is 19.4. The molecule has 1 atom stereocenters. The van der Waals surface area contributed by atoms with Crippen molar-refractivity contribution < 1.29 is 9.90 Å². The van der Waals surface area contributed by atoms with Crippen molar-refractivity contribution in [2.24, 2.45) is 0 Å². The van der Waals surface area contributed by atoms with E-state index in [0.717, 1.165) is 26.1 Å². The number of amides is 1. The zero-order valence-corrected chi connectivity index (χ0v) is 11.7. The molecule has 0 aromatic heterocycles. The summed E-state index contributed by atoms with van der Waals surface area (Å²) in [6.07, 6.45) is 3.92. The van der Waals surface area contributed by atoms with Crippen LogP contribution < -0.4 is 5.32 Å². The van der Waals surface area contributed by atoms with Crippen LogP contribution >= 0.6 is 0 Å². The average molecular weight is 257 g/mol. The third-order valence-electron chi connectivity index (χ3n) is 3.42. The molecule has 1 saturated heterocycles. The quantitative estimate of drug-likeness (QED) is 0.638. The molecular weight excluding hydrogens is 230 g/mol. The molecule has 0 bridgehead atoms. The Balaban J connectivity index is 2.22. The molecule has 1 unspecified atom stereocenters. The molecule has 1 heterocycles. The van der Waals surface area contributed by atoms with Crippen LogP contribution in [-0.4, -0.2) is 73.7 Å². The third-order valence-corrected chi connectivity index (χ3v) is 3.42. The molecule has 106 valence electrons. The van der Waals surface area contributed by atoms with Gasteiger partial charge in [-0.3, -0.25) is 9.69 Å². The Morgan fingerprint density at radius 3 is 2.72 bits per heavy atom. The van der Waals surface area contributed by atoms with Crippen molar-refractivity contribution in [3.05, 3.63) is 0 Å². The van der Waals surface area contributed by atoms with E-state index in [1.54, 1.807) is 19.0 Å². The van der Waals surface area contributed by atoms with E-state index >= 15 is 0 Å². The number of nitrogens with zero attached hydrogens (tertiary/aromatic N) is 2. The van der Waals surface area contributed by atoms with Crippen LogP contribution in [0.3, 0.4) is 0 Å². The van der Waals surface area contributed by atoms with Crippen LogP contribution in [-0.2, 0) is 4.79 Å². The second kappa shape index (κ2) is 8.45. The summed E-state index contributed by atoms with van der Waals surface area (Å²) in [6, 6.07) is 0.557. The Bertz CT molecular complexity index is 240. The first-order valence-corrected chi connectivity index (χ1v) is 6.90. The lowest BCUT2D eigenvalue weighted by molar-refractivity contribution is -0.128. The highest BCUT2D eigenvalue weighted by Crippen LogP contribution is 2.07. The molecule has 5 nitrogen and oxygen atoms in total. The van der Waals surface area contributed by atoms with Crippen LogP contribution in [0.5, 0.6) is 0 Å². The molecule has 0 aromatic carbocycles. The van der Waals surface area contributed by atoms with Crippen molar-refractivity contribution in [1.82, 2.24) is 15.1 Å². The van der Waals surface area contributed by atoms with Crippen LogP contribution in [0.25, 0.3) is 0 Å². The van der Waals surface area contributed by atoms with Crippen molar-refractivity contribution in [2.75, 3.05) is 46.9 Å². The molecule has 0 aromatic rings. The van der Waals surface area contributed by atoms with Crippen molar-refractivity contribution in [1.29, 1.82) is 0 Å². The Labute approximate surface area is 110 Å². The number of rotatable bonds is 8. The number of hydrogen-bond acceptors (Lipinski definition) is 4. The Morgan fingerprint density at radius 2 is 2.17 bits per heavy atom. The summed E-state index contributed by atoms with van der Waals surface area (Å²) in [7, 11) is 3.58. The Hall–Kier alpha value is -0.650. The predicted molar refractivity (Wildman–Crippen MR) is 72.5 cm³/mol. The molecule has 1 aliphatic rings. The largest absolute Gasteiger partial charge is 0.395 e. The van der Waals surface area contributed by atoms with Gasteiger partial charge in [0.2, 0.25) is 5.91 Å². The van der Waals surface area contributed by atoms with Crippen LogP contribution in [0.4, 0.5) is 0 Å². The number of hydrogen-bond donors (Lipinski definition) is 2. The second-order valence-electron chi connectivity index (χ2n) is 5.21. The smallest absolute Gasteiger partial charge is 0.222 e. The highest BCUT2D eigenvalue weighted by molar-refractivity contribution is 5.75. The number of nitrogens with one attached hydrogen (secondary N) is 1. The summed E-state index contributed by atoms with van der Waals surface area (Å²) in [5.74, 6) is 0.179. The van der Waals surface area contributed by atoms with E-state index in [1.165, 1.54) is 12.8 Å². The first-order chi connectivity index (χ1) is 8.63. The fraction of sp³-hybridized carbons (Fsp3) is 0.923. The first-order valence-electron chi connectivity index (χ1n) is 6.90. The SMILES string of the molecule is CN(C)C(=O)CCCN(CCO)CC1CCCN1. The van der Waals surface area contributed by atoms with Crippen LogP contribution in [0.2, 0.25) is 0 Å². The van der Waals surface area contributed by atoms with Crippen molar-refractivity contribution in [3.8, 4) is 0 Å². The van der Waals surface area contributed by atoms with E-state index in [9.17, 15) is 4.79 Å². The fourth-order valence-electron chi connectivity index (χ4n) is 2.34. The van der Waals surface area contributed by atoms with E-state index < -0.39 is 0 Å². The topological polar surface area (TPSA) is 55.8 Å².